The number of pyridine rings is 2. The number of aryl methyl sites for hydroxylation is 2. The summed E-state index contributed by atoms with van der Waals surface area (Å²) < 4.78 is 6.63. The van der Waals surface area contributed by atoms with Gasteiger partial charge < -0.3 is 18.6 Å². The van der Waals surface area contributed by atoms with Crippen molar-refractivity contribution in [1.29, 1.82) is 0 Å². The highest BCUT2D eigenvalue weighted by molar-refractivity contribution is 6.12. The maximum atomic E-state index is 14.9. The second-order valence-electron chi connectivity index (χ2n) is 17.8. The van der Waals surface area contributed by atoms with Crippen molar-refractivity contribution in [2.24, 2.45) is 20.0 Å². The topological polar surface area (TPSA) is 52.2 Å². The van der Waals surface area contributed by atoms with Gasteiger partial charge in [0.1, 0.15) is 0 Å². The summed E-state index contributed by atoms with van der Waals surface area (Å²) in [6, 6.07) is 46.4. The number of rotatable bonds is 4. The van der Waals surface area contributed by atoms with Gasteiger partial charge in [0.25, 0.3) is 0 Å². The molecule has 4 heterocycles. The fraction of sp³-hybridized carbons (Fsp3) is 0.138. The third-order valence-corrected chi connectivity index (χ3v) is 14.5. The summed E-state index contributed by atoms with van der Waals surface area (Å²) in [5.74, 6) is 0.293. The Kier molecular flexibility index (Phi) is 8.02. The number of hydrogen-bond donors (Lipinski definition) is 0. The Morgan fingerprint density at radius 2 is 1.30 bits per heavy atom. The fourth-order valence-corrected chi connectivity index (χ4v) is 11.7. The van der Waals surface area contributed by atoms with E-state index in [1.54, 1.807) is 0 Å². The molecule has 0 fully saturated rings. The van der Waals surface area contributed by atoms with Crippen LogP contribution in [0.15, 0.2) is 190 Å². The van der Waals surface area contributed by atoms with Gasteiger partial charge in [-0.05, 0) is 127 Å². The molecule has 1 atom stereocenters. The molecule has 6 aromatic carbocycles. The number of fused-ring (bicyclic) bond motifs is 9. The van der Waals surface area contributed by atoms with E-state index in [4.69, 9.17) is 0 Å². The van der Waals surface area contributed by atoms with E-state index in [1.165, 1.54) is 39.2 Å². The molecular weight excluding hydrogens is 785 g/mol. The van der Waals surface area contributed by atoms with Crippen molar-refractivity contribution in [2.75, 3.05) is 4.90 Å². The van der Waals surface area contributed by atoms with Gasteiger partial charge in [0.15, 0.2) is 10.9 Å². The molecular formula is C58H44N4O2. The molecule has 1 aliphatic heterocycles. The van der Waals surface area contributed by atoms with Crippen molar-refractivity contribution < 1.29 is 0 Å². The van der Waals surface area contributed by atoms with E-state index in [0.29, 0.717) is 22.1 Å². The summed E-state index contributed by atoms with van der Waals surface area (Å²) in [5, 5.41) is 5.96. The van der Waals surface area contributed by atoms with Crippen molar-refractivity contribution in [3.8, 4) is 16.8 Å². The van der Waals surface area contributed by atoms with E-state index >= 15 is 0 Å². The number of allylic oxidation sites excluding steroid dienone is 6. The van der Waals surface area contributed by atoms with Gasteiger partial charge in [-0.1, -0.05) is 91.0 Å². The summed E-state index contributed by atoms with van der Waals surface area (Å²) in [4.78, 5) is 32.1. The Morgan fingerprint density at radius 1 is 0.578 bits per heavy atom. The van der Waals surface area contributed by atoms with Gasteiger partial charge in [0, 0.05) is 80.5 Å². The number of benzene rings is 6. The second-order valence-corrected chi connectivity index (χ2v) is 17.8. The van der Waals surface area contributed by atoms with Crippen LogP contribution in [0.4, 0.5) is 5.69 Å². The molecule has 6 nitrogen and oxygen atoms in total. The SMILES string of the molecule is Cn1c2c(c(=O)c3cc4c(cc31)c(=O)c1cccc(-c3ccc5c(c3)c3ccccc3n5-c3ccccc3)c1n4C)=CCCC=2C1=CC=C2C(C1)C1=C(C=CCC1)N2c1ccccc1. The zero-order valence-electron chi connectivity index (χ0n) is 35.8. The zero-order chi connectivity index (χ0) is 42.8. The van der Waals surface area contributed by atoms with Gasteiger partial charge in [0.2, 0.25) is 0 Å². The van der Waals surface area contributed by atoms with Crippen LogP contribution in [-0.2, 0) is 14.1 Å². The van der Waals surface area contributed by atoms with Crippen LogP contribution in [0, 0.1) is 5.92 Å². The Hall–Kier alpha value is -7.70. The lowest BCUT2D eigenvalue weighted by Gasteiger charge is -2.29. The maximum absolute atomic E-state index is 14.9. The molecule has 0 saturated carbocycles. The van der Waals surface area contributed by atoms with Crippen LogP contribution in [0.1, 0.15) is 32.1 Å². The van der Waals surface area contributed by atoms with Gasteiger partial charge in [-0.25, -0.2) is 0 Å². The molecule has 9 aromatic rings. The normalized spacial score (nSPS) is 17.0. The summed E-state index contributed by atoms with van der Waals surface area (Å²) in [7, 11) is 4.10. The molecule has 0 N–H and O–H groups in total. The van der Waals surface area contributed by atoms with Crippen molar-refractivity contribution in [3.63, 3.8) is 0 Å². The van der Waals surface area contributed by atoms with E-state index in [0.717, 1.165) is 92.5 Å². The molecule has 4 aliphatic rings. The number of anilines is 1. The van der Waals surface area contributed by atoms with E-state index in [1.807, 2.05) is 37.4 Å². The van der Waals surface area contributed by atoms with Crippen molar-refractivity contribution in [2.45, 2.75) is 32.1 Å². The summed E-state index contributed by atoms with van der Waals surface area (Å²) in [5.41, 5.74) is 15.6. The van der Waals surface area contributed by atoms with Crippen LogP contribution in [0.5, 0.6) is 0 Å². The molecule has 13 rings (SSSR count). The molecule has 0 amide bonds. The van der Waals surface area contributed by atoms with Crippen LogP contribution < -0.4 is 26.3 Å². The third kappa shape index (κ3) is 5.20. The molecule has 3 aromatic heterocycles. The largest absolute Gasteiger partial charge is 0.343 e. The predicted octanol–water partition coefficient (Wildman–Crippen LogP) is 11.0. The van der Waals surface area contributed by atoms with Gasteiger partial charge in [-0.15, -0.1) is 0 Å². The number of aromatic nitrogens is 3. The lowest BCUT2D eigenvalue weighted by atomic mass is 9.80. The molecule has 3 aliphatic carbocycles. The minimum absolute atomic E-state index is 0.0226. The Bertz CT molecular complexity index is 3930. The lowest BCUT2D eigenvalue weighted by Crippen LogP contribution is -2.47. The Balaban J connectivity index is 0.981. The van der Waals surface area contributed by atoms with Gasteiger partial charge >= 0.3 is 0 Å². The first-order chi connectivity index (χ1) is 31.4. The first-order valence-electron chi connectivity index (χ1n) is 22.5. The molecule has 64 heavy (non-hydrogen) atoms. The Morgan fingerprint density at radius 3 is 2.12 bits per heavy atom. The fourth-order valence-electron chi connectivity index (χ4n) is 11.7. The highest BCUT2D eigenvalue weighted by Crippen LogP contribution is 2.49. The van der Waals surface area contributed by atoms with Crippen LogP contribution in [0.2, 0.25) is 0 Å². The smallest absolute Gasteiger partial charge is 0.197 e. The standard InChI is InChI=1S/C58H44N4O2/c1-59-53-33-48-54(60(2)56-40(22-14-24-44(56)58(48)64)36-28-30-52-46(32-36)42-20-10-12-26-50(42)62(52)38-17-7-4-8-18-38)34-47(53)57(63)43-23-13-21-39(55(43)59)35-27-29-51-45(31-35)41-19-9-11-25-49(41)61(51)37-15-5-3-6-16-37/h3-9,11-13,15-19,21,23-31,33-34,46H,10,14,20,22,32H2,1-2H3. The van der Waals surface area contributed by atoms with Gasteiger partial charge in [-0.2, -0.15) is 0 Å². The van der Waals surface area contributed by atoms with E-state index in [9.17, 15) is 9.59 Å². The Labute approximate surface area is 369 Å². The van der Waals surface area contributed by atoms with Crippen molar-refractivity contribution >= 4 is 71.9 Å². The zero-order valence-corrected chi connectivity index (χ0v) is 35.8. The maximum Gasteiger partial charge on any atom is 0.197 e. The number of hydrogen-bond acceptors (Lipinski definition) is 3. The average Bonchev–Trinajstić information content (AvgIpc) is 3.87. The first-order valence-corrected chi connectivity index (χ1v) is 22.5. The van der Waals surface area contributed by atoms with Crippen LogP contribution in [0.25, 0.3) is 83.0 Å². The molecule has 0 radical (unpaired) electrons. The van der Waals surface area contributed by atoms with Crippen molar-refractivity contribution in [3.05, 3.63) is 211 Å². The summed E-state index contributed by atoms with van der Waals surface area (Å²) >= 11 is 0. The summed E-state index contributed by atoms with van der Waals surface area (Å²) in [6.45, 7) is 0. The second kappa shape index (κ2) is 13.9. The minimum Gasteiger partial charge on any atom is -0.343 e. The quantitative estimate of drug-likeness (QED) is 0.166. The van der Waals surface area contributed by atoms with Gasteiger partial charge in [0.05, 0.1) is 32.9 Å². The van der Waals surface area contributed by atoms with E-state index in [-0.39, 0.29) is 10.9 Å². The molecule has 308 valence electrons. The molecule has 0 saturated heterocycles. The first kappa shape index (κ1) is 36.9. The van der Waals surface area contributed by atoms with Crippen LogP contribution >= 0.6 is 0 Å². The predicted molar refractivity (Wildman–Crippen MR) is 264 cm³/mol. The highest BCUT2D eigenvalue weighted by Gasteiger charge is 2.38. The van der Waals surface area contributed by atoms with Crippen molar-refractivity contribution in [1.82, 2.24) is 13.7 Å². The minimum atomic E-state index is -0.0305. The van der Waals surface area contributed by atoms with Crippen LogP contribution in [-0.4, -0.2) is 13.7 Å². The molecule has 0 bridgehead atoms. The average molecular weight is 829 g/mol. The molecule has 6 heteroatoms. The molecule has 0 spiro atoms. The summed E-state index contributed by atoms with van der Waals surface area (Å²) in [6.07, 6.45) is 16.1. The molecule has 1 unspecified atom stereocenters. The van der Waals surface area contributed by atoms with Gasteiger partial charge in [-0.3, -0.25) is 9.59 Å². The number of nitrogens with zero attached hydrogens (tertiary/aromatic N) is 4. The highest BCUT2D eigenvalue weighted by atomic mass is 16.1. The number of para-hydroxylation sites is 4. The van der Waals surface area contributed by atoms with E-state index in [2.05, 4.69) is 159 Å². The third-order valence-electron chi connectivity index (χ3n) is 14.5. The monoisotopic (exact) mass is 828 g/mol. The lowest BCUT2D eigenvalue weighted by molar-refractivity contribution is 0.679. The van der Waals surface area contributed by atoms with Crippen LogP contribution in [0.3, 0.4) is 0 Å². The van der Waals surface area contributed by atoms with E-state index < -0.39 is 0 Å².